The van der Waals surface area contributed by atoms with Crippen molar-refractivity contribution in [3.63, 3.8) is 0 Å². The maximum atomic E-state index is 12.3. The Kier molecular flexibility index (Phi) is 6.26. The molecule has 0 fully saturated rings. The molecule has 0 unspecified atom stereocenters. The first-order valence-corrected chi connectivity index (χ1v) is 6.55. The molecule has 116 valence electrons. The van der Waals surface area contributed by atoms with Crippen LogP contribution < -0.4 is 0 Å². The molecule has 1 aromatic rings. The minimum atomic E-state index is -1.04. The van der Waals surface area contributed by atoms with Gasteiger partial charge in [0.1, 0.15) is 0 Å². The lowest BCUT2D eigenvalue weighted by atomic mass is 9.82. The maximum Gasteiger partial charge on any atom is 0.252 e. The summed E-state index contributed by atoms with van der Waals surface area (Å²) < 4.78 is 0. The van der Waals surface area contributed by atoms with Gasteiger partial charge in [-0.05, 0) is 12.5 Å². The highest BCUT2D eigenvalue weighted by Crippen LogP contribution is 2.29. The van der Waals surface area contributed by atoms with E-state index in [9.17, 15) is 20.0 Å². The van der Waals surface area contributed by atoms with Gasteiger partial charge in [-0.2, -0.15) is 0 Å². The summed E-state index contributed by atoms with van der Waals surface area (Å²) in [6.07, 6.45) is -1.04. The summed E-state index contributed by atoms with van der Waals surface area (Å²) in [6, 6.07) is 8.69. The van der Waals surface area contributed by atoms with E-state index >= 15 is 0 Å². The van der Waals surface area contributed by atoms with Gasteiger partial charge in [0, 0.05) is 12.0 Å². The van der Waals surface area contributed by atoms with E-state index in [1.54, 1.807) is 30.3 Å². The molecule has 0 aliphatic heterocycles. The number of aliphatic hydroxyl groups excluding tert-OH is 1. The summed E-state index contributed by atoms with van der Waals surface area (Å²) >= 11 is 0. The van der Waals surface area contributed by atoms with Crippen molar-refractivity contribution in [2.75, 3.05) is 20.7 Å². The van der Waals surface area contributed by atoms with E-state index < -0.39 is 35.3 Å². The van der Waals surface area contributed by atoms with Crippen molar-refractivity contribution in [3.05, 3.63) is 46.0 Å². The van der Waals surface area contributed by atoms with Gasteiger partial charge in [0.25, 0.3) is 5.91 Å². The van der Waals surface area contributed by atoms with E-state index in [0.29, 0.717) is 5.56 Å². The second-order valence-corrected chi connectivity index (χ2v) is 4.82. The van der Waals surface area contributed by atoms with Gasteiger partial charge in [-0.1, -0.05) is 30.3 Å². The third kappa shape index (κ3) is 4.51. The number of carbonyl (C=O) groups is 1. The Morgan fingerprint density at radius 2 is 2.00 bits per heavy atom. The van der Waals surface area contributed by atoms with Crippen LogP contribution in [0.1, 0.15) is 18.4 Å². The molecule has 7 nitrogen and oxygen atoms in total. The van der Waals surface area contributed by atoms with E-state index in [2.05, 4.69) is 0 Å². The maximum absolute atomic E-state index is 12.3. The molecule has 0 heterocycles. The molecule has 0 aliphatic carbocycles. The fourth-order valence-corrected chi connectivity index (χ4v) is 2.30. The largest absolute Gasteiger partial charge is 0.393 e. The predicted molar refractivity (Wildman–Crippen MR) is 76.0 cm³/mol. The van der Waals surface area contributed by atoms with Gasteiger partial charge >= 0.3 is 0 Å². The molecule has 0 aromatic heterocycles. The number of hydrogen-bond donors (Lipinski definition) is 1. The Morgan fingerprint density at radius 1 is 1.43 bits per heavy atom. The number of amides is 1. The molecule has 0 saturated heterocycles. The van der Waals surface area contributed by atoms with Gasteiger partial charge in [-0.3, -0.25) is 19.7 Å². The van der Waals surface area contributed by atoms with Crippen LogP contribution in [0, 0.1) is 16.0 Å². The third-order valence-corrected chi connectivity index (χ3v) is 3.40. The van der Waals surface area contributed by atoms with Crippen LogP contribution in [0.15, 0.2) is 30.3 Å². The molecule has 3 atom stereocenters. The van der Waals surface area contributed by atoms with Crippen LogP contribution in [0.5, 0.6) is 0 Å². The molecular formula is C14H20N2O5. The van der Waals surface area contributed by atoms with Crippen molar-refractivity contribution in [2.24, 2.45) is 5.92 Å². The number of hydroxylamine groups is 2. The summed E-state index contributed by atoms with van der Waals surface area (Å²) in [7, 11) is 2.73. The fourth-order valence-electron chi connectivity index (χ4n) is 2.30. The number of nitrogens with zero attached hydrogens (tertiary/aromatic N) is 2. The van der Waals surface area contributed by atoms with Crippen LogP contribution in [-0.4, -0.2) is 47.8 Å². The van der Waals surface area contributed by atoms with Crippen molar-refractivity contribution in [1.82, 2.24) is 5.06 Å². The first-order chi connectivity index (χ1) is 9.88. The minimum absolute atomic E-state index is 0.442. The van der Waals surface area contributed by atoms with Crippen LogP contribution in [0.4, 0.5) is 0 Å². The average molecular weight is 296 g/mol. The zero-order valence-electron chi connectivity index (χ0n) is 12.3. The van der Waals surface area contributed by atoms with Crippen LogP contribution in [0.25, 0.3) is 0 Å². The number of benzene rings is 1. The SMILES string of the molecule is CON(C)C(=O)[C@@H]([C@H](C[N+](=O)[O-])c1ccccc1)[C@@H](C)O. The molecule has 0 bridgehead atoms. The molecule has 1 rings (SSSR count). The van der Waals surface area contributed by atoms with Gasteiger partial charge in [0.05, 0.1) is 25.0 Å². The lowest BCUT2D eigenvalue weighted by molar-refractivity contribution is -0.485. The number of rotatable bonds is 7. The van der Waals surface area contributed by atoms with Gasteiger partial charge in [0.15, 0.2) is 0 Å². The molecule has 1 amide bonds. The number of aliphatic hydroxyl groups is 1. The summed E-state index contributed by atoms with van der Waals surface area (Å²) in [5, 5.41) is 21.9. The topological polar surface area (TPSA) is 92.9 Å². The summed E-state index contributed by atoms with van der Waals surface area (Å²) in [4.78, 5) is 27.6. The molecule has 0 spiro atoms. The zero-order chi connectivity index (χ0) is 16.0. The predicted octanol–water partition coefficient (Wildman–Crippen LogP) is 1.06. The van der Waals surface area contributed by atoms with Crippen LogP contribution in [0.2, 0.25) is 0 Å². The quantitative estimate of drug-likeness (QED) is 0.600. The Labute approximate surface area is 123 Å². The lowest BCUT2D eigenvalue weighted by Gasteiger charge is -2.29. The van der Waals surface area contributed by atoms with E-state index in [4.69, 9.17) is 4.84 Å². The highest BCUT2D eigenvalue weighted by Gasteiger charge is 2.38. The standard InChI is InChI=1S/C14H20N2O5/c1-10(17)13(14(18)15(2)21-3)12(9-16(19)20)11-7-5-4-6-8-11/h4-8,10,12-13,17H,9H2,1-3H3/t10-,12-,13-/m1/s1. The molecule has 1 N–H and O–H groups in total. The van der Waals surface area contributed by atoms with E-state index in [1.165, 1.54) is 21.1 Å². The van der Waals surface area contributed by atoms with Crippen LogP contribution in [0.3, 0.4) is 0 Å². The highest BCUT2D eigenvalue weighted by atomic mass is 16.7. The Hall–Kier alpha value is -1.99. The number of hydrogen-bond acceptors (Lipinski definition) is 5. The number of nitro groups is 1. The molecular weight excluding hydrogens is 276 g/mol. The van der Waals surface area contributed by atoms with Crippen molar-refractivity contribution in [2.45, 2.75) is 18.9 Å². The molecule has 1 aromatic carbocycles. The number of carbonyl (C=O) groups excluding carboxylic acids is 1. The normalized spacial score (nSPS) is 15.0. The van der Waals surface area contributed by atoms with Gasteiger partial charge < -0.3 is 5.11 Å². The van der Waals surface area contributed by atoms with Crippen molar-refractivity contribution < 1.29 is 19.7 Å². The first-order valence-electron chi connectivity index (χ1n) is 6.55. The van der Waals surface area contributed by atoms with Gasteiger partial charge in [-0.15, -0.1) is 0 Å². The summed E-state index contributed by atoms with van der Waals surface area (Å²) in [5.41, 5.74) is 0.637. The fraction of sp³-hybridized carbons (Fsp3) is 0.500. The second kappa shape index (κ2) is 7.70. The van der Waals surface area contributed by atoms with E-state index in [1.807, 2.05) is 0 Å². The highest BCUT2D eigenvalue weighted by molar-refractivity contribution is 5.79. The van der Waals surface area contributed by atoms with Crippen molar-refractivity contribution in [1.29, 1.82) is 0 Å². The average Bonchev–Trinajstić information content (AvgIpc) is 2.45. The van der Waals surface area contributed by atoms with Crippen molar-refractivity contribution >= 4 is 5.91 Å². The molecule has 0 saturated carbocycles. The Balaban J connectivity index is 3.19. The minimum Gasteiger partial charge on any atom is -0.393 e. The van der Waals surface area contributed by atoms with Gasteiger partial charge in [0.2, 0.25) is 6.54 Å². The van der Waals surface area contributed by atoms with E-state index in [-0.39, 0.29) is 0 Å². The Morgan fingerprint density at radius 3 is 2.43 bits per heavy atom. The first kappa shape index (κ1) is 17.1. The molecule has 0 aliphatic rings. The van der Waals surface area contributed by atoms with Crippen LogP contribution in [-0.2, 0) is 9.63 Å². The van der Waals surface area contributed by atoms with Crippen molar-refractivity contribution in [3.8, 4) is 0 Å². The Bertz CT molecular complexity index is 478. The van der Waals surface area contributed by atoms with Crippen LogP contribution >= 0.6 is 0 Å². The summed E-state index contributed by atoms with van der Waals surface area (Å²) in [5.74, 6) is -2.18. The molecule has 0 radical (unpaired) electrons. The third-order valence-electron chi connectivity index (χ3n) is 3.40. The van der Waals surface area contributed by atoms with E-state index in [0.717, 1.165) is 5.06 Å². The molecule has 7 heteroatoms. The zero-order valence-corrected chi connectivity index (χ0v) is 12.3. The second-order valence-electron chi connectivity index (χ2n) is 4.82. The lowest BCUT2D eigenvalue weighted by Crippen LogP contribution is -2.42. The molecule has 21 heavy (non-hydrogen) atoms. The monoisotopic (exact) mass is 296 g/mol. The van der Waals surface area contributed by atoms with Gasteiger partial charge in [-0.25, -0.2) is 5.06 Å². The summed E-state index contributed by atoms with van der Waals surface area (Å²) in [6.45, 7) is 1.00. The smallest absolute Gasteiger partial charge is 0.252 e.